The first-order valence-electron chi connectivity index (χ1n) is 9.06. The van der Waals surface area contributed by atoms with Crippen LogP contribution < -0.4 is 5.32 Å². The summed E-state index contributed by atoms with van der Waals surface area (Å²) in [6.45, 7) is 2.35. The van der Waals surface area contributed by atoms with Gasteiger partial charge in [-0.3, -0.25) is 19.6 Å². The van der Waals surface area contributed by atoms with E-state index in [1.807, 2.05) is 0 Å². The molecule has 3 aromatic heterocycles. The van der Waals surface area contributed by atoms with Crippen molar-refractivity contribution in [2.45, 2.75) is 32.7 Å². The number of amides is 1. The van der Waals surface area contributed by atoms with Gasteiger partial charge < -0.3 is 9.73 Å². The van der Waals surface area contributed by atoms with Crippen molar-refractivity contribution >= 4 is 27.9 Å². The lowest BCUT2D eigenvalue weighted by molar-refractivity contribution is -0.385. The maximum atomic E-state index is 12.6. The predicted octanol–water partition coefficient (Wildman–Crippen LogP) is 3.74. The van der Waals surface area contributed by atoms with Crippen molar-refractivity contribution in [1.29, 1.82) is 5.26 Å². The summed E-state index contributed by atoms with van der Waals surface area (Å²) in [6.07, 6.45) is 5.26. The van der Waals surface area contributed by atoms with Crippen LogP contribution in [-0.2, 0) is 19.4 Å². The topological polar surface area (TPSA) is 127 Å². The van der Waals surface area contributed by atoms with Gasteiger partial charge in [0.25, 0.3) is 5.91 Å². The summed E-state index contributed by atoms with van der Waals surface area (Å²) in [5, 5.41) is 27.5. The van der Waals surface area contributed by atoms with Gasteiger partial charge in [0.2, 0.25) is 0 Å². The number of anilines is 1. The molecule has 9 nitrogen and oxygen atoms in total. The Hall–Kier alpha value is -3.45. The highest BCUT2D eigenvalue weighted by Crippen LogP contribution is 2.39. The number of nitro groups is 1. The molecular formula is C19H17N5O4S. The van der Waals surface area contributed by atoms with Crippen molar-refractivity contribution in [3.8, 4) is 6.07 Å². The summed E-state index contributed by atoms with van der Waals surface area (Å²) in [7, 11) is 0. The molecule has 0 saturated heterocycles. The van der Waals surface area contributed by atoms with E-state index in [9.17, 15) is 20.2 Å². The van der Waals surface area contributed by atoms with Crippen molar-refractivity contribution in [2.24, 2.45) is 5.92 Å². The van der Waals surface area contributed by atoms with Crippen LogP contribution in [0.1, 0.15) is 45.7 Å². The van der Waals surface area contributed by atoms with Crippen LogP contribution in [0.15, 0.2) is 28.9 Å². The standard InChI is InChI=1S/C19H17N5O4S/c1-11-2-4-14-15(7-20)19(29-17(14)6-11)22-18(25)16-5-3-13(28-16)10-23-9-12(8-21-23)24(26)27/h3,5,8-9,11H,2,4,6,10H2,1H3,(H,22,25)/t11-/m0/s1. The zero-order valence-corrected chi connectivity index (χ0v) is 16.4. The highest BCUT2D eigenvalue weighted by molar-refractivity contribution is 7.16. The van der Waals surface area contributed by atoms with Gasteiger partial charge in [-0.15, -0.1) is 11.3 Å². The first-order valence-corrected chi connectivity index (χ1v) is 9.87. The predicted molar refractivity (Wildman–Crippen MR) is 105 cm³/mol. The summed E-state index contributed by atoms with van der Waals surface area (Å²) in [6, 6.07) is 5.37. The zero-order valence-electron chi connectivity index (χ0n) is 15.5. The van der Waals surface area contributed by atoms with Crippen LogP contribution in [0.5, 0.6) is 0 Å². The van der Waals surface area contributed by atoms with E-state index in [-0.39, 0.29) is 18.0 Å². The molecule has 0 aromatic carbocycles. The van der Waals surface area contributed by atoms with Gasteiger partial charge in [0, 0.05) is 4.88 Å². The van der Waals surface area contributed by atoms with Crippen molar-refractivity contribution < 1.29 is 14.1 Å². The molecule has 1 N–H and O–H groups in total. The van der Waals surface area contributed by atoms with Crippen LogP contribution in [-0.4, -0.2) is 20.6 Å². The van der Waals surface area contributed by atoms with Crippen molar-refractivity contribution in [3.63, 3.8) is 0 Å². The third-order valence-corrected chi connectivity index (χ3v) is 6.05. The van der Waals surface area contributed by atoms with Gasteiger partial charge in [-0.25, -0.2) is 0 Å². The van der Waals surface area contributed by atoms with Crippen LogP contribution in [0.4, 0.5) is 10.7 Å². The molecular weight excluding hydrogens is 394 g/mol. The Kier molecular flexibility index (Phi) is 4.90. The van der Waals surface area contributed by atoms with E-state index in [0.29, 0.717) is 22.2 Å². The van der Waals surface area contributed by atoms with Gasteiger partial charge >= 0.3 is 5.69 Å². The summed E-state index contributed by atoms with van der Waals surface area (Å²) in [5.74, 6) is 0.672. The maximum absolute atomic E-state index is 12.6. The molecule has 0 fully saturated rings. The van der Waals surface area contributed by atoms with Crippen molar-refractivity contribution in [1.82, 2.24) is 9.78 Å². The number of carbonyl (C=O) groups excluding carboxylic acids is 1. The third-order valence-electron chi connectivity index (χ3n) is 4.88. The second kappa shape index (κ2) is 7.52. The molecule has 29 heavy (non-hydrogen) atoms. The Bertz CT molecular complexity index is 1140. The Morgan fingerprint density at radius 1 is 1.55 bits per heavy atom. The molecule has 0 aliphatic heterocycles. The average molecular weight is 411 g/mol. The van der Waals surface area contributed by atoms with Crippen LogP contribution in [0.2, 0.25) is 0 Å². The lowest BCUT2D eigenvalue weighted by atomic mass is 9.89. The monoisotopic (exact) mass is 411 g/mol. The second-order valence-corrected chi connectivity index (χ2v) is 8.15. The summed E-state index contributed by atoms with van der Waals surface area (Å²) >= 11 is 1.45. The quantitative estimate of drug-likeness (QED) is 0.503. The molecule has 1 aliphatic rings. The minimum Gasteiger partial charge on any atom is -0.454 e. The number of thiophene rings is 1. The number of fused-ring (bicyclic) bond motifs is 1. The first kappa shape index (κ1) is 18.9. The van der Waals surface area contributed by atoms with E-state index in [1.165, 1.54) is 28.3 Å². The zero-order chi connectivity index (χ0) is 20.5. The number of nitriles is 1. The minimum atomic E-state index is -0.529. The molecule has 1 amide bonds. The van der Waals surface area contributed by atoms with Gasteiger partial charge in [-0.2, -0.15) is 10.4 Å². The number of furan rings is 1. The molecule has 1 atom stereocenters. The molecule has 0 bridgehead atoms. The SMILES string of the molecule is C[C@H]1CCc2c(sc(NC(=O)c3ccc(Cn4cc([N+](=O)[O-])cn4)o3)c2C#N)C1. The van der Waals surface area contributed by atoms with E-state index in [1.54, 1.807) is 6.07 Å². The van der Waals surface area contributed by atoms with Crippen molar-refractivity contribution in [2.75, 3.05) is 5.32 Å². The minimum absolute atomic E-state index is 0.102. The van der Waals surface area contributed by atoms with E-state index < -0.39 is 10.8 Å². The van der Waals surface area contributed by atoms with E-state index in [2.05, 4.69) is 23.4 Å². The molecule has 148 valence electrons. The van der Waals surface area contributed by atoms with Gasteiger partial charge in [0.1, 0.15) is 29.2 Å². The fourth-order valence-corrected chi connectivity index (χ4v) is 4.76. The summed E-state index contributed by atoms with van der Waals surface area (Å²) in [4.78, 5) is 24.0. The van der Waals surface area contributed by atoms with E-state index in [0.717, 1.165) is 35.9 Å². The van der Waals surface area contributed by atoms with Crippen LogP contribution in [0.3, 0.4) is 0 Å². The van der Waals surface area contributed by atoms with Gasteiger partial charge in [-0.1, -0.05) is 6.92 Å². The van der Waals surface area contributed by atoms with Gasteiger partial charge in [0.15, 0.2) is 5.76 Å². The number of nitrogens with one attached hydrogen (secondary N) is 1. The lowest BCUT2D eigenvalue weighted by Crippen LogP contribution is -2.11. The van der Waals surface area contributed by atoms with Gasteiger partial charge in [-0.05, 0) is 42.9 Å². The smallest absolute Gasteiger partial charge is 0.307 e. The maximum Gasteiger partial charge on any atom is 0.307 e. The first-order chi connectivity index (χ1) is 13.9. The second-order valence-electron chi connectivity index (χ2n) is 7.04. The van der Waals surface area contributed by atoms with Gasteiger partial charge in [0.05, 0.1) is 17.0 Å². The molecule has 0 spiro atoms. The van der Waals surface area contributed by atoms with E-state index in [4.69, 9.17) is 4.42 Å². The molecule has 10 heteroatoms. The Balaban J connectivity index is 1.48. The molecule has 3 heterocycles. The third kappa shape index (κ3) is 3.77. The number of aromatic nitrogens is 2. The van der Waals surface area contributed by atoms with Crippen LogP contribution in [0.25, 0.3) is 0 Å². The largest absolute Gasteiger partial charge is 0.454 e. The normalized spacial score (nSPS) is 15.5. The molecule has 1 aliphatic carbocycles. The molecule has 0 radical (unpaired) electrons. The fraction of sp³-hybridized carbons (Fsp3) is 0.316. The van der Waals surface area contributed by atoms with Crippen LogP contribution in [0, 0.1) is 27.4 Å². The molecule has 3 aromatic rings. The Labute approximate surface area is 169 Å². The molecule has 0 saturated carbocycles. The summed E-state index contributed by atoms with van der Waals surface area (Å²) < 4.78 is 6.92. The Morgan fingerprint density at radius 2 is 2.38 bits per heavy atom. The summed E-state index contributed by atoms with van der Waals surface area (Å²) in [5.41, 5.74) is 1.47. The highest BCUT2D eigenvalue weighted by atomic mass is 32.1. The molecule has 0 unspecified atom stereocenters. The Morgan fingerprint density at radius 3 is 3.10 bits per heavy atom. The van der Waals surface area contributed by atoms with Crippen molar-refractivity contribution in [3.05, 3.63) is 62.2 Å². The molecule has 4 rings (SSSR count). The number of hydrogen-bond donors (Lipinski definition) is 1. The number of nitrogens with zero attached hydrogens (tertiary/aromatic N) is 4. The average Bonchev–Trinajstić information content (AvgIpc) is 3.40. The van der Waals surface area contributed by atoms with E-state index >= 15 is 0 Å². The number of rotatable bonds is 5. The number of hydrogen-bond acceptors (Lipinski definition) is 7. The highest BCUT2D eigenvalue weighted by Gasteiger charge is 2.25. The lowest BCUT2D eigenvalue weighted by Gasteiger charge is -2.17. The number of carbonyl (C=O) groups is 1. The van der Waals surface area contributed by atoms with Crippen LogP contribution >= 0.6 is 11.3 Å². The fourth-order valence-electron chi connectivity index (χ4n) is 3.40.